The van der Waals surface area contributed by atoms with Crippen LogP contribution in [0.2, 0.25) is 5.02 Å². The van der Waals surface area contributed by atoms with Gasteiger partial charge in [0.05, 0.1) is 6.42 Å². The zero-order valence-corrected chi connectivity index (χ0v) is 14.7. The zero-order chi connectivity index (χ0) is 17.9. The van der Waals surface area contributed by atoms with Gasteiger partial charge in [0.15, 0.2) is 0 Å². The Morgan fingerprint density at radius 2 is 1.80 bits per heavy atom. The molecule has 0 radical (unpaired) electrons. The summed E-state index contributed by atoms with van der Waals surface area (Å²) >= 11 is 6.03. The fraction of sp³-hybridized carbons (Fsp3) is 0.316. The SMILES string of the molecule is O=C(Cc1ccccc1Cl)NCCNC[C@H](O)COc1ccccc1. The van der Waals surface area contributed by atoms with Crippen LogP contribution in [0, 0.1) is 0 Å². The highest BCUT2D eigenvalue weighted by atomic mass is 35.5. The minimum absolute atomic E-state index is 0.0807. The number of benzene rings is 2. The molecular weight excluding hydrogens is 340 g/mol. The summed E-state index contributed by atoms with van der Waals surface area (Å²) in [4.78, 5) is 11.9. The Hall–Kier alpha value is -2.08. The summed E-state index contributed by atoms with van der Waals surface area (Å²) in [7, 11) is 0. The molecule has 2 aromatic carbocycles. The average molecular weight is 363 g/mol. The first-order valence-electron chi connectivity index (χ1n) is 8.22. The van der Waals surface area contributed by atoms with E-state index in [1.807, 2.05) is 48.5 Å². The van der Waals surface area contributed by atoms with Crippen molar-refractivity contribution in [1.82, 2.24) is 10.6 Å². The summed E-state index contributed by atoms with van der Waals surface area (Å²) in [6, 6.07) is 16.6. The summed E-state index contributed by atoms with van der Waals surface area (Å²) in [5, 5.41) is 16.3. The van der Waals surface area contributed by atoms with Gasteiger partial charge in [-0.3, -0.25) is 4.79 Å². The van der Waals surface area contributed by atoms with Gasteiger partial charge in [0.1, 0.15) is 18.5 Å². The molecule has 0 aromatic heterocycles. The molecule has 0 fully saturated rings. The van der Waals surface area contributed by atoms with Gasteiger partial charge in [-0.2, -0.15) is 0 Å². The number of hydrogen-bond donors (Lipinski definition) is 3. The van der Waals surface area contributed by atoms with Crippen molar-refractivity contribution in [2.24, 2.45) is 0 Å². The van der Waals surface area contributed by atoms with Crippen molar-refractivity contribution < 1.29 is 14.6 Å². The molecule has 0 bridgehead atoms. The standard InChI is InChI=1S/C19H23ClN2O3/c20-18-9-5-4-6-15(18)12-19(24)22-11-10-21-13-16(23)14-25-17-7-2-1-3-8-17/h1-9,16,21,23H,10-14H2,(H,22,24)/t16-/m0/s1. The number of carbonyl (C=O) groups is 1. The fourth-order valence-electron chi connectivity index (χ4n) is 2.20. The van der Waals surface area contributed by atoms with Crippen molar-refractivity contribution >= 4 is 17.5 Å². The van der Waals surface area contributed by atoms with E-state index in [1.54, 1.807) is 6.07 Å². The lowest BCUT2D eigenvalue weighted by atomic mass is 10.1. The Morgan fingerprint density at radius 1 is 1.08 bits per heavy atom. The number of ether oxygens (including phenoxy) is 1. The van der Waals surface area contributed by atoms with Crippen LogP contribution in [0.4, 0.5) is 0 Å². The third-order valence-electron chi connectivity index (χ3n) is 3.50. The fourth-order valence-corrected chi connectivity index (χ4v) is 2.41. The highest BCUT2D eigenvalue weighted by Crippen LogP contribution is 2.15. The normalized spacial score (nSPS) is 11.8. The monoisotopic (exact) mass is 362 g/mol. The number of hydrogen-bond acceptors (Lipinski definition) is 4. The lowest BCUT2D eigenvalue weighted by molar-refractivity contribution is -0.120. The third kappa shape index (κ3) is 7.56. The molecule has 0 aliphatic rings. The van der Waals surface area contributed by atoms with E-state index in [1.165, 1.54) is 0 Å². The highest BCUT2D eigenvalue weighted by Gasteiger charge is 2.07. The maximum Gasteiger partial charge on any atom is 0.224 e. The molecule has 2 rings (SSSR count). The summed E-state index contributed by atoms with van der Waals surface area (Å²) in [6.45, 7) is 1.66. The van der Waals surface area contributed by atoms with Crippen molar-refractivity contribution in [3.63, 3.8) is 0 Å². The van der Waals surface area contributed by atoms with Crippen molar-refractivity contribution in [1.29, 1.82) is 0 Å². The molecule has 0 aliphatic heterocycles. The van der Waals surface area contributed by atoms with Gasteiger partial charge < -0.3 is 20.5 Å². The van der Waals surface area contributed by atoms with Crippen molar-refractivity contribution in [3.05, 3.63) is 65.2 Å². The lowest BCUT2D eigenvalue weighted by Crippen LogP contribution is -2.37. The molecule has 0 saturated carbocycles. The Kier molecular flexibility index (Phi) is 8.25. The minimum Gasteiger partial charge on any atom is -0.491 e. The van der Waals surface area contributed by atoms with Gasteiger partial charge in [-0.05, 0) is 23.8 Å². The molecule has 5 nitrogen and oxygen atoms in total. The van der Waals surface area contributed by atoms with Gasteiger partial charge in [0.25, 0.3) is 0 Å². The van der Waals surface area contributed by atoms with Crippen molar-refractivity contribution in [2.75, 3.05) is 26.2 Å². The second kappa shape index (κ2) is 10.7. The van der Waals surface area contributed by atoms with Crippen LogP contribution in [-0.4, -0.2) is 43.4 Å². The third-order valence-corrected chi connectivity index (χ3v) is 3.87. The molecule has 0 aliphatic carbocycles. The molecule has 1 amide bonds. The van der Waals surface area contributed by atoms with Gasteiger partial charge in [0.2, 0.25) is 5.91 Å². The molecule has 25 heavy (non-hydrogen) atoms. The largest absolute Gasteiger partial charge is 0.491 e. The Balaban J connectivity index is 1.54. The maximum atomic E-state index is 11.9. The molecular formula is C19H23ClN2O3. The van der Waals surface area contributed by atoms with Crippen LogP contribution in [0.5, 0.6) is 5.75 Å². The van der Waals surface area contributed by atoms with Crippen LogP contribution in [0.1, 0.15) is 5.56 Å². The van der Waals surface area contributed by atoms with Crippen LogP contribution in [0.15, 0.2) is 54.6 Å². The Morgan fingerprint density at radius 3 is 2.56 bits per heavy atom. The zero-order valence-electron chi connectivity index (χ0n) is 14.0. The number of rotatable bonds is 10. The van der Waals surface area contributed by atoms with Gasteiger partial charge in [-0.1, -0.05) is 48.0 Å². The second-order valence-corrected chi connectivity index (χ2v) is 6.01. The second-order valence-electron chi connectivity index (χ2n) is 5.60. The number of amides is 1. The van der Waals surface area contributed by atoms with Gasteiger partial charge in [-0.15, -0.1) is 0 Å². The first-order valence-corrected chi connectivity index (χ1v) is 8.59. The lowest BCUT2D eigenvalue weighted by Gasteiger charge is -2.13. The Bertz CT molecular complexity index is 652. The average Bonchev–Trinajstić information content (AvgIpc) is 2.62. The molecule has 1 atom stereocenters. The minimum atomic E-state index is -0.612. The van der Waals surface area contributed by atoms with Gasteiger partial charge >= 0.3 is 0 Å². The van der Waals surface area contributed by atoms with Crippen LogP contribution >= 0.6 is 11.6 Å². The molecule has 3 N–H and O–H groups in total. The molecule has 2 aromatic rings. The quantitative estimate of drug-likeness (QED) is 0.566. The van der Waals surface area contributed by atoms with E-state index in [-0.39, 0.29) is 18.9 Å². The number of nitrogens with one attached hydrogen (secondary N) is 2. The van der Waals surface area contributed by atoms with E-state index in [0.29, 0.717) is 24.7 Å². The van der Waals surface area contributed by atoms with E-state index in [2.05, 4.69) is 10.6 Å². The van der Waals surface area contributed by atoms with Crippen molar-refractivity contribution in [3.8, 4) is 5.75 Å². The summed E-state index contributed by atoms with van der Waals surface area (Å²) in [5.41, 5.74) is 0.808. The van der Waals surface area contributed by atoms with Crippen molar-refractivity contribution in [2.45, 2.75) is 12.5 Å². The van der Waals surface area contributed by atoms with Gasteiger partial charge in [0, 0.05) is 24.7 Å². The summed E-state index contributed by atoms with van der Waals surface area (Å²) in [5.74, 6) is 0.649. The highest BCUT2D eigenvalue weighted by molar-refractivity contribution is 6.31. The van der Waals surface area contributed by atoms with E-state index < -0.39 is 6.10 Å². The molecule has 0 saturated heterocycles. The number of aliphatic hydroxyl groups is 1. The van der Waals surface area contributed by atoms with Crippen LogP contribution in [0.25, 0.3) is 0 Å². The first-order chi connectivity index (χ1) is 12.1. The summed E-state index contributed by atoms with van der Waals surface area (Å²) in [6.07, 6.45) is -0.355. The Labute approximate surface area is 153 Å². The topological polar surface area (TPSA) is 70.6 Å². The summed E-state index contributed by atoms with van der Waals surface area (Å²) < 4.78 is 5.47. The van der Waals surface area contributed by atoms with E-state index in [4.69, 9.17) is 16.3 Å². The molecule has 6 heteroatoms. The number of carbonyl (C=O) groups excluding carboxylic acids is 1. The molecule has 134 valence electrons. The van der Waals surface area contributed by atoms with E-state index in [9.17, 15) is 9.90 Å². The van der Waals surface area contributed by atoms with Crippen LogP contribution in [-0.2, 0) is 11.2 Å². The molecule has 0 heterocycles. The molecule has 0 unspecified atom stereocenters. The van der Waals surface area contributed by atoms with Crippen LogP contribution < -0.4 is 15.4 Å². The number of para-hydroxylation sites is 1. The number of aliphatic hydroxyl groups excluding tert-OH is 1. The van der Waals surface area contributed by atoms with Crippen LogP contribution in [0.3, 0.4) is 0 Å². The van der Waals surface area contributed by atoms with E-state index in [0.717, 1.165) is 11.3 Å². The first kappa shape index (κ1) is 19.2. The predicted octanol–water partition coefficient (Wildman–Crippen LogP) is 2.03. The molecule has 0 spiro atoms. The van der Waals surface area contributed by atoms with Gasteiger partial charge in [-0.25, -0.2) is 0 Å². The smallest absolute Gasteiger partial charge is 0.224 e. The van der Waals surface area contributed by atoms with E-state index >= 15 is 0 Å². The predicted molar refractivity (Wildman–Crippen MR) is 99.0 cm³/mol. The number of halogens is 1. The maximum absolute atomic E-state index is 11.9.